The minimum absolute atomic E-state index is 0.348. The van der Waals surface area contributed by atoms with Gasteiger partial charge in [0.15, 0.2) is 0 Å². The largest absolute Gasteiger partial charge is 0.280 e. The van der Waals surface area contributed by atoms with Crippen LogP contribution in [0.3, 0.4) is 0 Å². The van der Waals surface area contributed by atoms with Gasteiger partial charge in [-0.3, -0.25) is 4.79 Å². The van der Waals surface area contributed by atoms with E-state index in [1.165, 1.54) is 0 Å². The van der Waals surface area contributed by atoms with Crippen molar-refractivity contribution in [3.05, 3.63) is 24.3 Å². The van der Waals surface area contributed by atoms with E-state index in [2.05, 4.69) is 0 Å². The van der Waals surface area contributed by atoms with Crippen LogP contribution in [0.4, 0.5) is 0 Å². The number of carbonyl (C=O) groups is 1. The maximum Gasteiger partial charge on any atom is 0.235 e. The third-order valence-electron chi connectivity index (χ3n) is 2.02. The van der Waals surface area contributed by atoms with Gasteiger partial charge < -0.3 is 0 Å². The number of halogens is 2. The van der Waals surface area contributed by atoms with Gasteiger partial charge in [0.25, 0.3) is 0 Å². The Hall–Kier alpha value is -0.270. The van der Waals surface area contributed by atoms with Crippen LogP contribution in [0.5, 0.6) is 0 Å². The summed E-state index contributed by atoms with van der Waals surface area (Å²) in [5.74, 6) is 0.543. The fraction of sp³-hybridized carbons (Fsp3) is 0.545. The lowest BCUT2D eigenvalue weighted by Crippen LogP contribution is -2.23. The molecule has 1 nitrogen and oxygen atoms in total. The minimum atomic E-state index is -0.667. The van der Waals surface area contributed by atoms with Gasteiger partial charge in [-0.1, -0.05) is 24.3 Å². The SMILES string of the molecule is C/C=C\C(/C=C/C)(CCCCl)C(=O)Cl. The van der Waals surface area contributed by atoms with Crippen LogP contribution in [0.15, 0.2) is 24.3 Å². The van der Waals surface area contributed by atoms with Gasteiger partial charge in [-0.2, -0.15) is 0 Å². The quantitative estimate of drug-likeness (QED) is 0.387. The van der Waals surface area contributed by atoms with E-state index in [9.17, 15) is 4.79 Å². The zero-order valence-electron chi connectivity index (χ0n) is 8.59. The van der Waals surface area contributed by atoms with Crippen LogP contribution in [0.2, 0.25) is 0 Å². The predicted octanol–water partition coefficient (Wildman–Crippen LogP) is 3.91. The molecule has 0 aliphatic heterocycles. The summed E-state index contributed by atoms with van der Waals surface area (Å²) < 4.78 is 0. The molecule has 0 heterocycles. The van der Waals surface area contributed by atoms with Crippen LogP contribution < -0.4 is 0 Å². The second-order valence-corrected chi connectivity index (χ2v) is 3.83. The predicted molar refractivity (Wildman–Crippen MR) is 62.9 cm³/mol. The Morgan fingerprint density at radius 1 is 1.29 bits per heavy atom. The number of hydrogen-bond acceptors (Lipinski definition) is 1. The molecule has 0 aromatic rings. The molecule has 0 N–H and O–H groups in total. The van der Waals surface area contributed by atoms with Gasteiger partial charge in [0, 0.05) is 5.88 Å². The molecule has 80 valence electrons. The van der Waals surface area contributed by atoms with Gasteiger partial charge in [0.2, 0.25) is 5.24 Å². The van der Waals surface area contributed by atoms with Crippen molar-refractivity contribution in [3.63, 3.8) is 0 Å². The van der Waals surface area contributed by atoms with Crippen molar-refractivity contribution in [1.29, 1.82) is 0 Å². The summed E-state index contributed by atoms with van der Waals surface area (Å²) in [7, 11) is 0. The average molecular weight is 235 g/mol. The monoisotopic (exact) mass is 234 g/mol. The first kappa shape index (κ1) is 13.7. The lowest BCUT2D eigenvalue weighted by Gasteiger charge is -2.22. The van der Waals surface area contributed by atoms with E-state index in [0.717, 1.165) is 6.42 Å². The molecule has 3 heteroatoms. The first-order chi connectivity index (χ1) is 6.63. The number of carbonyl (C=O) groups excluding carboxylic acids is 1. The fourth-order valence-electron chi connectivity index (χ4n) is 1.41. The molecule has 0 aliphatic carbocycles. The van der Waals surface area contributed by atoms with Crippen molar-refractivity contribution in [2.24, 2.45) is 5.41 Å². The summed E-state index contributed by atoms with van der Waals surface area (Å²) in [6.45, 7) is 3.75. The number of alkyl halides is 1. The van der Waals surface area contributed by atoms with E-state index >= 15 is 0 Å². The summed E-state index contributed by atoms with van der Waals surface area (Å²) in [5, 5.41) is -0.348. The number of hydrogen-bond donors (Lipinski definition) is 0. The summed E-state index contributed by atoms with van der Waals surface area (Å²) in [6.07, 6.45) is 8.77. The molecule has 0 aromatic heterocycles. The summed E-state index contributed by atoms with van der Waals surface area (Å²) in [5.41, 5.74) is -0.667. The topological polar surface area (TPSA) is 17.1 Å². The standard InChI is InChI=1S/C11H16Cl2O/c1-3-6-11(7-4-2,10(13)14)8-5-9-12/h3-4,6-7H,5,8-9H2,1-2H3/b6-3-,7-4+. The molecule has 14 heavy (non-hydrogen) atoms. The highest BCUT2D eigenvalue weighted by molar-refractivity contribution is 6.65. The Morgan fingerprint density at radius 2 is 1.79 bits per heavy atom. The van der Waals surface area contributed by atoms with Gasteiger partial charge in [0.05, 0.1) is 5.41 Å². The van der Waals surface area contributed by atoms with E-state index < -0.39 is 5.41 Å². The molecule has 1 atom stereocenters. The van der Waals surface area contributed by atoms with Gasteiger partial charge >= 0.3 is 0 Å². The molecule has 0 spiro atoms. The Morgan fingerprint density at radius 3 is 2.07 bits per heavy atom. The Labute approximate surface area is 95.8 Å². The second-order valence-electron chi connectivity index (χ2n) is 3.11. The molecule has 0 saturated heterocycles. The highest BCUT2D eigenvalue weighted by Gasteiger charge is 2.30. The van der Waals surface area contributed by atoms with Crippen molar-refractivity contribution < 1.29 is 4.79 Å². The van der Waals surface area contributed by atoms with Crippen LogP contribution in [-0.4, -0.2) is 11.1 Å². The molecule has 0 aromatic carbocycles. The highest BCUT2D eigenvalue weighted by Crippen LogP contribution is 2.31. The second kappa shape index (κ2) is 7.08. The maximum atomic E-state index is 11.4. The smallest absolute Gasteiger partial charge is 0.235 e. The van der Waals surface area contributed by atoms with Crippen molar-refractivity contribution in [3.8, 4) is 0 Å². The van der Waals surface area contributed by atoms with Crippen LogP contribution in [0.1, 0.15) is 26.7 Å². The van der Waals surface area contributed by atoms with Gasteiger partial charge in [-0.05, 0) is 38.3 Å². The van der Waals surface area contributed by atoms with E-state index in [1.54, 1.807) is 0 Å². The summed E-state index contributed by atoms with van der Waals surface area (Å²) in [6, 6.07) is 0. The van der Waals surface area contributed by atoms with Gasteiger partial charge in [-0.15, -0.1) is 11.6 Å². The number of allylic oxidation sites excluding steroid dienone is 4. The normalized spacial score (nSPS) is 16.3. The first-order valence-corrected chi connectivity index (χ1v) is 5.58. The van der Waals surface area contributed by atoms with Crippen LogP contribution in [-0.2, 0) is 4.79 Å². The lowest BCUT2D eigenvalue weighted by atomic mass is 9.84. The van der Waals surface area contributed by atoms with Gasteiger partial charge in [0.1, 0.15) is 0 Å². The van der Waals surface area contributed by atoms with E-state index in [1.807, 2.05) is 38.2 Å². The average Bonchev–Trinajstić information content (AvgIpc) is 2.14. The van der Waals surface area contributed by atoms with Crippen molar-refractivity contribution in [2.45, 2.75) is 26.7 Å². The molecular weight excluding hydrogens is 219 g/mol. The fourth-order valence-corrected chi connectivity index (χ4v) is 1.76. The Balaban J connectivity index is 4.84. The van der Waals surface area contributed by atoms with Crippen molar-refractivity contribution in [1.82, 2.24) is 0 Å². The molecule has 0 bridgehead atoms. The van der Waals surface area contributed by atoms with Crippen LogP contribution >= 0.6 is 23.2 Å². The zero-order chi connectivity index (χ0) is 11.0. The van der Waals surface area contributed by atoms with Crippen molar-refractivity contribution in [2.75, 3.05) is 5.88 Å². The Bertz CT molecular complexity index is 219. The molecule has 0 aliphatic rings. The first-order valence-electron chi connectivity index (χ1n) is 4.66. The lowest BCUT2D eigenvalue weighted by molar-refractivity contribution is -0.116. The van der Waals surface area contributed by atoms with Gasteiger partial charge in [-0.25, -0.2) is 0 Å². The summed E-state index contributed by atoms with van der Waals surface area (Å²) >= 11 is 11.2. The third kappa shape index (κ3) is 3.85. The molecular formula is C11H16Cl2O. The zero-order valence-corrected chi connectivity index (χ0v) is 10.1. The Kier molecular flexibility index (Phi) is 6.94. The molecule has 0 rings (SSSR count). The molecule has 0 radical (unpaired) electrons. The minimum Gasteiger partial charge on any atom is -0.280 e. The maximum absolute atomic E-state index is 11.4. The molecule has 1 unspecified atom stereocenters. The van der Waals surface area contributed by atoms with E-state index in [4.69, 9.17) is 23.2 Å². The molecule has 0 saturated carbocycles. The van der Waals surface area contributed by atoms with Crippen LogP contribution in [0, 0.1) is 5.41 Å². The number of rotatable bonds is 6. The highest BCUT2D eigenvalue weighted by atomic mass is 35.5. The molecule has 0 amide bonds. The van der Waals surface area contributed by atoms with E-state index in [-0.39, 0.29) is 5.24 Å². The summed E-state index contributed by atoms with van der Waals surface area (Å²) in [4.78, 5) is 11.4. The van der Waals surface area contributed by atoms with Crippen LogP contribution in [0.25, 0.3) is 0 Å². The third-order valence-corrected chi connectivity index (χ3v) is 2.64. The van der Waals surface area contributed by atoms with E-state index in [0.29, 0.717) is 12.3 Å². The van der Waals surface area contributed by atoms with Crippen molar-refractivity contribution >= 4 is 28.4 Å². The molecule has 0 fully saturated rings.